The molecule has 2 aromatic carbocycles. The van der Waals surface area contributed by atoms with E-state index in [2.05, 4.69) is 58.3 Å². The minimum absolute atomic E-state index is 0.364. The number of nitrogens with one attached hydrogen (secondary N) is 1. The number of aromatic nitrogens is 1. The zero-order valence-electron chi connectivity index (χ0n) is 16.8. The molecule has 7 heteroatoms. The van der Waals surface area contributed by atoms with Crippen LogP contribution in [0.25, 0.3) is 27.8 Å². The maximum atomic E-state index is 12.4. The van der Waals surface area contributed by atoms with E-state index in [9.17, 15) is 10.1 Å². The second kappa shape index (κ2) is 8.88. The first-order chi connectivity index (χ1) is 14.9. The van der Waals surface area contributed by atoms with Gasteiger partial charge in [-0.05, 0) is 47.9 Å². The number of hydrogen-bond acceptors (Lipinski definition) is 6. The summed E-state index contributed by atoms with van der Waals surface area (Å²) in [4.78, 5) is 17.0. The van der Waals surface area contributed by atoms with Crippen molar-refractivity contribution in [3.05, 3.63) is 85.6 Å². The molecule has 0 aliphatic carbocycles. The smallest absolute Gasteiger partial charge is 0.345 e. The van der Waals surface area contributed by atoms with Crippen molar-refractivity contribution in [2.75, 3.05) is 5.32 Å². The van der Waals surface area contributed by atoms with Crippen molar-refractivity contribution in [1.29, 1.82) is 5.26 Å². The Kier molecular flexibility index (Phi) is 6.03. The number of fused-ring (bicyclic) bond motifs is 1. The Morgan fingerprint density at radius 2 is 2.00 bits per heavy atom. The molecular weight excluding hydrogens is 474 g/mol. The van der Waals surface area contributed by atoms with Gasteiger partial charge in [-0.25, -0.2) is 9.78 Å². The predicted molar refractivity (Wildman–Crippen MR) is 129 cm³/mol. The van der Waals surface area contributed by atoms with Gasteiger partial charge in [-0.1, -0.05) is 41.9 Å². The van der Waals surface area contributed by atoms with E-state index in [1.165, 1.54) is 16.9 Å². The Hall–Kier alpha value is -3.21. The molecule has 0 fully saturated rings. The average molecular weight is 492 g/mol. The molecule has 5 nitrogen and oxygen atoms in total. The van der Waals surface area contributed by atoms with Crippen molar-refractivity contribution in [3.8, 4) is 17.3 Å². The summed E-state index contributed by atoms with van der Waals surface area (Å²) in [5.41, 5.74) is 3.42. The van der Waals surface area contributed by atoms with Crippen LogP contribution in [0, 0.1) is 11.3 Å². The highest BCUT2D eigenvalue weighted by atomic mass is 79.9. The fourth-order valence-electron chi connectivity index (χ4n) is 3.06. The number of benzene rings is 2. The van der Waals surface area contributed by atoms with E-state index in [-0.39, 0.29) is 0 Å². The van der Waals surface area contributed by atoms with Crippen molar-refractivity contribution < 1.29 is 4.42 Å². The summed E-state index contributed by atoms with van der Waals surface area (Å²) in [6, 6.07) is 17.5. The van der Waals surface area contributed by atoms with Crippen molar-refractivity contribution in [1.82, 2.24) is 4.98 Å². The van der Waals surface area contributed by atoms with Gasteiger partial charge in [0, 0.05) is 27.1 Å². The van der Waals surface area contributed by atoms with Crippen LogP contribution in [0.4, 0.5) is 5.69 Å². The first-order valence-corrected chi connectivity index (χ1v) is 11.3. The Morgan fingerprint density at radius 3 is 2.71 bits per heavy atom. The molecule has 0 radical (unpaired) electrons. The standard InChI is InChI=1S/C24H18BrN3O2S/c1-14(2)15-3-6-19(7-4-15)27-12-17(11-26)23-28-21(13-31-23)20-10-16-9-18(25)5-8-22(16)30-24(20)29/h3-10,12-14,27H,1-2H3/b17-12+. The van der Waals surface area contributed by atoms with Crippen molar-refractivity contribution in [2.24, 2.45) is 0 Å². The second-order valence-electron chi connectivity index (χ2n) is 7.26. The van der Waals surface area contributed by atoms with Gasteiger partial charge in [-0.3, -0.25) is 0 Å². The Labute approximate surface area is 191 Å². The van der Waals surface area contributed by atoms with Gasteiger partial charge in [0.05, 0.1) is 11.3 Å². The van der Waals surface area contributed by atoms with Crippen LogP contribution in [-0.2, 0) is 0 Å². The molecule has 0 saturated carbocycles. The van der Waals surface area contributed by atoms with Gasteiger partial charge in [0.2, 0.25) is 0 Å². The molecule has 0 aliphatic rings. The summed E-state index contributed by atoms with van der Waals surface area (Å²) in [5.74, 6) is 0.460. The molecule has 0 saturated heterocycles. The lowest BCUT2D eigenvalue weighted by molar-refractivity contribution is 0.563. The quantitative estimate of drug-likeness (QED) is 0.245. The van der Waals surface area contributed by atoms with Crippen LogP contribution in [0.5, 0.6) is 0 Å². The highest BCUT2D eigenvalue weighted by Gasteiger charge is 2.14. The molecule has 2 aromatic heterocycles. The number of halogens is 1. The highest BCUT2D eigenvalue weighted by molar-refractivity contribution is 9.10. The van der Waals surface area contributed by atoms with Gasteiger partial charge < -0.3 is 9.73 Å². The van der Waals surface area contributed by atoms with E-state index >= 15 is 0 Å². The first-order valence-electron chi connectivity index (χ1n) is 9.61. The maximum absolute atomic E-state index is 12.4. The van der Waals surface area contributed by atoms with Crippen molar-refractivity contribution in [3.63, 3.8) is 0 Å². The summed E-state index contributed by atoms with van der Waals surface area (Å²) in [7, 11) is 0. The zero-order valence-corrected chi connectivity index (χ0v) is 19.3. The summed E-state index contributed by atoms with van der Waals surface area (Å²) in [5, 5.41) is 15.8. The molecule has 4 aromatic rings. The third kappa shape index (κ3) is 4.61. The van der Waals surface area contributed by atoms with Crippen LogP contribution < -0.4 is 10.9 Å². The Bertz CT molecular complexity index is 1380. The number of nitrogens with zero attached hydrogens (tertiary/aromatic N) is 2. The third-order valence-electron chi connectivity index (χ3n) is 4.79. The van der Waals surface area contributed by atoms with E-state index in [1.54, 1.807) is 23.7 Å². The lowest BCUT2D eigenvalue weighted by Crippen LogP contribution is -2.03. The Morgan fingerprint density at radius 1 is 1.23 bits per heavy atom. The Balaban J connectivity index is 1.61. The number of allylic oxidation sites excluding steroid dienone is 1. The molecule has 0 atom stereocenters. The number of anilines is 1. The molecule has 0 spiro atoms. The van der Waals surface area contributed by atoms with Crippen LogP contribution in [0.1, 0.15) is 30.3 Å². The lowest BCUT2D eigenvalue weighted by atomic mass is 10.0. The molecule has 1 N–H and O–H groups in total. The van der Waals surface area contributed by atoms with E-state index in [0.29, 0.717) is 33.3 Å². The molecule has 0 amide bonds. The van der Waals surface area contributed by atoms with Crippen LogP contribution in [0.15, 0.2) is 73.8 Å². The molecule has 0 bridgehead atoms. The van der Waals surface area contributed by atoms with Crippen LogP contribution in [0.3, 0.4) is 0 Å². The first kappa shape index (κ1) is 21.0. The molecular formula is C24H18BrN3O2S. The SMILES string of the molecule is CC(C)c1ccc(N/C=C(\C#N)c2nc(-c3cc4cc(Br)ccc4oc3=O)cs2)cc1. The number of rotatable bonds is 5. The van der Waals surface area contributed by atoms with E-state index in [0.717, 1.165) is 15.5 Å². The van der Waals surface area contributed by atoms with E-state index in [4.69, 9.17) is 4.42 Å². The zero-order chi connectivity index (χ0) is 22.0. The monoisotopic (exact) mass is 491 g/mol. The minimum atomic E-state index is -0.461. The van der Waals surface area contributed by atoms with Crippen LogP contribution >= 0.6 is 27.3 Å². The van der Waals surface area contributed by atoms with Gasteiger partial charge in [0.25, 0.3) is 0 Å². The number of nitriles is 1. The largest absolute Gasteiger partial charge is 0.422 e. The summed E-state index contributed by atoms with van der Waals surface area (Å²) in [6.45, 7) is 4.29. The highest BCUT2D eigenvalue weighted by Crippen LogP contribution is 2.27. The van der Waals surface area contributed by atoms with Gasteiger partial charge in [0.15, 0.2) is 0 Å². The predicted octanol–water partition coefficient (Wildman–Crippen LogP) is 6.78. The topological polar surface area (TPSA) is 78.9 Å². The van der Waals surface area contributed by atoms with Crippen LogP contribution in [-0.4, -0.2) is 4.98 Å². The number of thiazole rings is 1. The van der Waals surface area contributed by atoms with Gasteiger partial charge in [0.1, 0.15) is 22.2 Å². The van der Waals surface area contributed by atoms with Crippen LogP contribution in [0.2, 0.25) is 0 Å². The lowest BCUT2D eigenvalue weighted by Gasteiger charge is -2.06. The van der Waals surface area contributed by atoms with Gasteiger partial charge in [-0.2, -0.15) is 5.26 Å². The normalized spacial score (nSPS) is 11.6. The minimum Gasteiger partial charge on any atom is -0.422 e. The molecule has 4 rings (SSSR count). The molecule has 0 unspecified atom stereocenters. The van der Waals surface area contributed by atoms with Gasteiger partial charge >= 0.3 is 5.63 Å². The fraction of sp³-hybridized carbons (Fsp3) is 0.125. The van der Waals surface area contributed by atoms with E-state index in [1.807, 2.05) is 24.3 Å². The van der Waals surface area contributed by atoms with Crippen molar-refractivity contribution in [2.45, 2.75) is 19.8 Å². The second-order valence-corrected chi connectivity index (χ2v) is 9.03. The molecule has 31 heavy (non-hydrogen) atoms. The average Bonchev–Trinajstić information content (AvgIpc) is 3.24. The van der Waals surface area contributed by atoms with E-state index < -0.39 is 5.63 Å². The fourth-order valence-corrected chi connectivity index (χ4v) is 4.22. The maximum Gasteiger partial charge on any atom is 0.345 e. The summed E-state index contributed by atoms with van der Waals surface area (Å²) in [6.07, 6.45) is 1.63. The molecule has 0 aliphatic heterocycles. The summed E-state index contributed by atoms with van der Waals surface area (Å²) < 4.78 is 6.32. The molecule has 2 heterocycles. The summed E-state index contributed by atoms with van der Waals surface area (Å²) >= 11 is 4.73. The third-order valence-corrected chi connectivity index (χ3v) is 6.15. The van der Waals surface area contributed by atoms with Crippen molar-refractivity contribution >= 4 is 49.5 Å². The van der Waals surface area contributed by atoms with Gasteiger partial charge in [-0.15, -0.1) is 11.3 Å². The number of hydrogen-bond donors (Lipinski definition) is 1. The molecule has 154 valence electrons.